The van der Waals surface area contributed by atoms with Gasteiger partial charge in [-0.25, -0.2) is 14.8 Å². The van der Waals surface area contributed by atoms with E-state index < -0.39 is 10.9 Å². The Labute approximate surface area is 176 Å². The summed E-state index contributed by atoms with van der Waals surface area (Å²) >= 11 is 0. The summed E-state index contributed by atoms with van der Waals surface area (Å²) < 4.78 is 16.2. The molecule has 0 saturated carbocycles. The van der Waals surface area contributed by atoms with Crippen molar-refractivity contribution in [3.05, 3.63) is 88.4 Å². The lowest BCUT2D eigenvalue weighted by Gasteiger charge is -2.11. The predicted molar refractivity (Wildman–Crippen MR) is 109 cm³/mol. The molecule has 10 nitrogen and oxygen atoms in total. The van der Waals surface area contributed by atoms with E-state index in [0.29, 0.717) is 11.1 Å². The maximum absolute atomic E-state index is 11.5. The Morgan fingerprint density at radius 3 is 2.52 bits per heavy atom. The standard InChI is InChI=1S/C21H17N3O7/c1-29-12-17(21(25)26)16-4-2-3-5-18(16)31-20-10-19(22-13-23-20)30-11-14-6-8-15(9-7-14)24(27)28/h2-10,12-13H,11H2,1H3,(H,25,26). The Kier molecular flexibility index (Phi) is 6.74. The molecule has 1 N–H and O–H groups in total. The van der Waals surface area contributed by atoms with Crippen molar-refractivity contribution in [1.29, 1.82) is 0 Å². The van der Waals surface area contributed by atoms with E-state index >= 15 is 0 Å². The summed E-state index contributed by atoms with van der Waals surface area (Å²) in [6, 6.07) is 13.9. The molecular formula is C21H17N3O7. The number of para-hydroxylation sites is 1. The number of hydrogen-bond donors (Lipinski definition) is 1. The van der Waals surface area contributed by atoms with Crippen LogP contribution >= 0.6 is 0 Å². The number of carbonyl (C=O) groups is 1. The van der Waals surface area contributed by atoms with Crippen LogP contribution in [-0.2, 0) is 16.1 Å². The topological polar surface area (TPSA) is 134 Å². The molecule has 0 fully saturated rings. The van der Waals surface area contributed by atoms with Gasteiger partial charge in [0.2, 0.25) is 11.8 Å². The largest absolute Gasteiger partial charge is 0.503 e. The van der Waals surface area contributed by atoms with Crippen molar-refractivity contribution in [1.82, 2.24) is 9.97 Å². The summed E-state index contributed by atoms with van der Waals surface area (Å²) in [6.45, 7) is 0.130. The summed E-state index contributed by atoms with van der Waals surface area (Å²) in [5.74, 6) is -0.559. The number of aromatic nitrogens is 2. The number of nitro groups is 1. The molecule has 10 heteroatoms. The monoisotopic (exact) mass is 423 g/mol. The SMILES string of the molecule is COC=C(C(=O)O)c1ccccc1Oc1cc(OCc2ccc([N+](=O)[O-])cc2)ncn1. The van der Waals surface area contributed by atoms with Crippen molar-refractivity contribution >= 4 is 17.2 Å². The number of non-ortho nitro benzene ring substituents is 1. The van der Waals surface area contributed by atoms with Crippen LogP contribution < -0.4 is 9.47 Å². The van der Waals surface area contributed by atoms with Gasteiger partial charge in [-0.3, -0.25) is 10.1 Å². The quantitative estimate of drug-likeness (QED) is 0.236. The normalized spacial score (nSPS) is 10.9. The maximum Gasteiger partial charge on any atom is 0.339 e. The molecule has 0 spiro atoms. The first kappa shape index (κ1) is 21.2. The highest BCUT2D eigenvalue weighted by Gasteiger charge is 2.17. The third-order valence-electron chi connectivity index (χ3n) is 4.01. The van der Waals surface area contributed by atoms with Crippen LogP contribution in [0.2, 0.25) is 0 Å². The number of benzene rings is 2. The van der Waals surface area contributed by atoms with E-state index in [4.69, 9.17) is 14.2 Å². The van der Waals surface area contributed by atoms with Gasteiger partial charge < -0.3 is 19.3 Å². The molecule has 1 aromatic heterocycles. The van der Waals surface area contributed by atoms with E-state index in [1.807, 2.05) is 0 Å². The van der Waals surface area contributed by atoms with E-state index in [1.54, 1.807) is 36.4 Å². The number of hydrogen-bond acceptors (Lipinski definition) is 8. The van der Waals surface area contributed by atoms with Crippen molar-refractivity contribution in [2.45, 2.75) is 6.61 Å². The van der Waals surface area contributed by atoms with Crippen LogP contribution in [0.1, 0.15) is 11.1 Å². The van der Waals surface area contributed by atoms with E-state index in [2.05, 4.69) is 9.97 Å². The lowest BCUT2D eigenvalue weighted by molar-refractivity contribution is -0.384. The van der Waals surface area contributed by atoms with Crippen molar-refractivity contribution < 1.29 is 29.0 Å². The molecule has 0 aliphatic heterocycles. The molecule has 3 rings (SSSR count). The van der Waals surface area contributed by atoms with Gasteiger partial charge in [0.25, 0.3) is 5.69 Å². The molecular weight excluding hydrogens is 406 g/mol. The fraction of sp³-hybridized carbons (Fsp3) is 0.0952. The van der Waals surface area contributed by atoms with Crippen LogP contribution in [-0.4, -0.2) is 33.1 Å². The Hall–Kier alpha value is -4.47. The number of nitro benzene ring substituents is 1. The average Bonchev–Trinajstić information content (AvgIpc) is 2.77. The summed E-state index contributed by atoms with van der Waals surface area (Å²) in [6.07, 6.45) is 2.36. The molecule has 0 unspecified atom stereocenters. The van der Waals surface area contributed by atoms with E-state index in [9.17, 15) is 20.0 Å². The number of rotatable bonds is 9. The molecule has 31 heavy (non-hydrogen) atoms. The Balaban J connectivity index is 1.75. The van der Waals surface area contributed by atoms with Crippen molar-refractivity contribution in [3.8, 4) is 17.5 Å². The third-order valence-corrected chi connectivity index (χ3v) is 4.01. The van der Waals surface area contributed by atoms with Crippen LogP contribution in [0.3, 0.4) is 0 Å². The second kappa shape index (κ2) is 9.83. The Morgan fingerprint density at radius 2 is 1.84 bits per heavy atom. The lowest BCUT2D eigenvalue weighted by atomic mass is 10.1. The van der Waals surface area contributed by atoms with E-state index in [1.165, 1.54) is 31.6 Å². The fourth-order valence-corrected chi connectivity index (χ4v) is 2.57. The maximum atomic E-state index is 11.5. The number of nitrogens with zero attached hydrogens (tertiary/aromatic N) is 3. The molecule has 0 aliphatic carbocycles. The highest BCUT2D eigenvalue weighted by atomic mass is 16.6. The van der Waals surface area contributed by atoms with Gasteiger partial charge in [0, 0.05) is 17.7 Å². The molecule has 2 aromatic carbocycles. The van der Waals surface area contributed by atoms with E-state index in [-0.39, 0.29) is 35.4 Å². The summed E-state index contributed by atoms with van der Waals surface area (Å²) in [5, 5.41) is 20.2. The van der Waals surface area contributed by atoms with Gasteiger partial charge in [-0.1, -0.05) is 18.2 Å². The minimum Gasteiger partial charge on any atom is -0.503 e. The molecule has 0 bridgehead atoms. The van der Waals surface area contributed by atoms with Crippen molar-refractivity contribution in [2.24, 2.45) is 0 Å². The zero-order valence-corrected chi connectivity index (χ0v) is 16.3. The predicted octanol–water partition coefficient (Wildman–Crippen LogP) is 3.83. The van der Waals surface area contributed by atoms with E-state index in [0.717, 1.165) is 6.26 Å². The molecule has 1 heterocycles. The van der Waals surface area contributed by atoms with Gasteiger partial charge in [-0.2, -0.15) is 0 Å². The first-order chi connectivity index (χ1) is 15.0. The zero-order valence-electron chi connectivity index (χ0n) is 16.3. The van der Waals surface area contributed by atoms with Gasteiger partial charge >= 0.3 is 5.97 Å². The van der Waals surface area contributed by atoms with Crippen LogP contribution in [0, 0.1) is 10.1 Å². The van der Waals surface area contributed by atoms with Crippen molar-refractivity contribution in [2.75, 3.05) is 7.11 Å². The molecule has 0 aliphatic rings. The van der Waals surface area contributed by atoms with Gasteiger partial charge in [0.05, 0.1) is 24.4 Å². The third kappa shape index (κ3) is 5.54. The zero-order chi connectivity index (χ0) is 22.2. The van der Waals surface area contributed by atoms with Crippen LogP contribution in [0.4, 0.5) is 5.69 Å². The van der Waals surface area contributed by atoms with Gasteiger partial charge in [0.1, 0.15) is 24.3 Å². The first-order valence-electron chi connectivity index (χ1n) is 8.89. The second-order valence-electron chi connectivity index (χ2n) is 6.08. The Bertz CT molecular complexity index is 1110. The molecule has 158 valence electrons. The first-order valence-corrected chi connectivity index (χ1v) is 8.89. The average molecular weight is 423 g/mol. The Morgan fingerprint density at radius 1 is 1.13 bits per heavy atom. The van der Waals surface area contributed by atoms with Gasteiger partial charge in [-0.05, 0) is 23.8 Å². The number of aliphatic carboxylic acids is 1. The molecule has 0 radical (unpaired) electrons. The van der Waals surface area contributed by atoms with Gasteiger partial charge in [0.15, 0.2) is 0 Å². The van der Waals surface area contributed by atoms with Crippen LogP contribution in [0.25, 0.3) is 5.57 Å². The molecule has 3 aromatic rings. The minimum atomic E-state index is -1.17. The summed E-state index contributed by atoms with van der Waals surface area (Å²) in [5.41, 5.74) is 0.932. The molecule has 0 atom stereocenters. The number of methoxy groups -OCH3 is 1. The highest BCUT2D eigenvalue weighted by Crippen LogP contribution is 2.30. The summed E-state index contributed by atoms with van der Waals surface area (Å²) in [7, 11) is 1.35. The minimum absolute atomic E-state index is 0.0107. The number of carboxylic acids is 1. The second-order valence-corrected chi connectivity index (χ2v) is 6.08. The van der Waals surface area contributed by atoms with Crippen LogP contribution in [0.5, 0.6) is 17.5 Å². The number of carboxylic acid groups (broad SMARTS) is 1. The molecule has 0 amide bonds. The van der Waals surface area contributed by atoms with Gasteiger partial charge in [-0.15, -0.1) is 0 Å². The smallest absolute Gasteiger partial charge is 0.339 e. The highest BCUT2D eigenvalue weighted by molar-refractivity contribution is 6.15. The fourth-order valence-electron chi connectivity index (χ4n) is 2.57. The lowest BCUT2D eigenvalue weighted by Crippen LogP contribution is -2.03. The number of ether oxygens (including phenoxy) is 3. The van der Waals surface area contributed by atoms with Crippen LogP contribution in [0.15, 0.2) is 67.2 Å². The van der Waals surface area contributed by atoms with Crippen molar-refractivity contribution in [3.63, 3.8) is 0 Å². The summed E-state index contributed by atoms with van der Waals surface area (Å²) in [4.78, 5) is 29.8. The molecule has 0 saturated heterocycles.